The number of rotatable bonds is 5. The molecule has 0 spiro atoms. The van der Waals surface area contributed by atoms with Crippen LogP contribution in [0.15, 0.2) is 15.7 Å². The van der Waals surface area contributed by atoms with Crippen LogP contribution in [-0.2, 0) is 0 Å². The van der Waals surface area contributed by atoms with Gasteiger partial charge in [0.25, 0.3) is 5.56 Å². The maximum absolute atomic E-state index is 15.2. The van der Waals surface area contributed by atoms with Gasteiger partial charge in [0.1, 0.15) is 11.2 Å². The van der Waals surface area contributed by atoms with Crippen LogP contribution < -0.4 is 32.0 Å². The van der Waals surface area contributed by atoms with Gasteiger partial charge in [-0.1, -0.05) is 0 Å². The minimum absolute atomic E-state index is 0.0479. The summed E-state index contributed by atoms with van der Waals surface area (Å²) in [7, 11) is 3.36. The van der Waals surface area contributed by atoms with E-state index in [4.69, 9.17) is 10.6 Å². The number of halogens is 1. The minimum atomic E-state index is -0.719. The Morgan fingerprint density at radius 2 is 2.04 bits per heavy atom. The first-order valence-corrected chi connectivity index (χ1v) is 9.64. The van der Waals surface area contributed by atoms with Crippen molar-refractivity contribution >= 4 is 16.6 Å². The highest BCUT2D eigenvalue weighted by Crippen LogP contribution is 2.43. The van der Waals surface area contributed by atoms with Crippen LogP contribution in [-0.4, -0.2) is 42.5 Å². The van der Waals surface area contributed by atoms with E-state index < -0.39 is 17.1 Å². The average Bonchev–Trinajstić information content (AvgIpc) is 3.41. The second-order valence-electron chi connectivity index (χ2n) is 7.77. The number of benzene rings is 1. The molecule has 152 valence electrons. The lowest BCUT2D eigenvalue weighted by atomic mass is 10.0. The van der Waals surface area contributed by atoms with E-state index in [1.807, 2.05) is 11.9 Å². The normalized spacial score (nSPS) is 20.7. The van der Waals surface area contributed by atoms with Gasteiger partial charge in [-0.15, -0.1) is 0 Å². The molecule has 28 heavy (non-hydrogen) atoms. The minimum Gasteiger partial charge on any atom is -0.492 e. The summed E-state index contributed by atoms with van der Waals surface area (Å²) in [6.45, 7) is 3.45. The number of aromatic nitrogens is 2. The summed E-state index contributed by atoms with van der Waals surface area (Å²) < 4.78 is 22.8. The lowest BCUT2D eigenvalue weighted by Crippen LogP contribution is -2.44. The summed E-state index contributed by atoms with van der Waals surface area (Å²) in [4.78, 5) is 27.2. The molecular weight excluding hydrogens is 365 g/mol. The second-order valence-corrected chi connectivity index (χ2v) is 7.77. The Balaban J connectivity index is 1.95. The molecule has 1 saturated heterocycles. The first kappa shape index (κ1) is 18.8. The van der Waals surface area contributed by atoms with E-state index in [1.165, 1.54) is 17.7 Å². The summed E-state index contributed by atoms with van der Waals surface area (Å²) in [5.41, 5.74) is -0.672. The molecule has 0 bridgehead atoms. The van der Waals surface area contributed by atoms with Crippen molar-refractivity contribution in [2.45, 2.75) is 38.3 Å². The molecule has 2 heterocycles. The Labute approximate surface area is 161 Å². The van der Waals surface area contributed by atoms with E-state index in [1.54, 1.807) is 0 Å². The van der Waals surface area contributed by atoms with Gasteiger partial charge in [-0.3, -0.25) is 9.36 Å². The largest absolute Gasteiger partial charge is 0.492 e. The molecule has 8 nitrogen and oxygen atoms in total. The molecule has 2 aromatic rings. The number of hydrogen-bond acceptors (Lipinski definition) is 6. The molecule has 2 fully saturated rings. The van der Waals surface area contributed by atoms with E-state index in [0.717, 1.165) is 19.3 Å². The molecule has 1 aromatic carbocycles. The van der Waals surface area contributed by atoms with Gasteiger partial charge in [-0.2, -0.15) is 4.68 Å². The Morgan fingerprint density at radius 1 is 1.32 bits per heavy atom. The van der Waals surface area contributed by atoms with Gasteiger partial charge >= 0.3 is 5.69 Å². The summed E-state index contributed by atoms with van der Waals surface area (Å²) in [6.07, 6.45) is 2.55. The third-order valence-corrected chi connectivity index (χ3v) is 6.10. The van der Waals surface area contributed by atoms with E-state index in [2.05, 4.69) is 12.2 Å². The molecule has 1 saturated carbocycles. The van der Waals surface area contributed by atoms with Gasteiger partial charge < -0.3 is 20.8 Å². The van der Waals surface area contributed by atoms with Crippen LogP contribution in [0.4, 0.5) is 10.1 Å². The number of fused-ring (bicyclic) bond motifs is 1. The van der Waals surface area contributed by atoms with Crippen molar-refractivity contribution in [3.05, 3.63) is 32.7 Å². The first-order chi connectivity index (χ1) is 13.4. The zero-order chi connectivity index (χ0) is 20.2. The topological polar surface area (TPSA) is 94.5 Å². The van der Waals surface area contributed by atoms with Crippen LogP contribution >= 0.6 is 0 Å². The highest BCUT2D eigenvalue weighted by molar-refractivity contribution is 5.91. The number of nitrogens with one attached hydrogen (secondary N) is 1. The molecule has 1 aromatic heterocycles. The summed E-state index contributed by atoms with van der Waals surface area (Å²) >= 11 is 0. The number of nitrogens with zero attached hydrogens (tertiary/aromatic N) is 3. The maximum atomic E-state index is 15.2. The van der Waals surface area contributed by atoms with Crippen molar-refractivity contribution in [3.8, 4) is 5.75 Å². The molecule has 2 atom stereocenters. The van der Waals surface area contributed by atoms with Crippen LogP contribution in [0, 0.1) is 11.7 Å². The van der Waals surface area contributed by atoms with Crippen molar-refractivity contribution in [1.82, 2.24) is 14.6 Å². The van der Waals surface area contributed by atoms with Gasteiger partial charge in [0.05, 0.1) is 12.5 Å². The van der Waals surface area contributed by atoms with Crippen molar-refractivity contribution in [3.63, 3.8) is 0 Å². The monoisotopic (exact) mass is 391 g/mol. The molecule has 3 N–H and O–H groups in total. The second kappa shape index (κ2) is 6.80. The van der Waals surface area contributed by atoms with E-state index >= 15 is 4.39 Å². The number of hydrogen-bond donors (Lipinski definition) is 2. The lowest BCUT2D eigenvalue weighted by molar-refractivity contribution is 0.410. The first-order valence-electron chi connectivity index (χ1n) is 9.64. The Hall–Kier alpha value is -2.55. The van der Waals surface area contributed by atoms with Crippen LogP contribution in [0.5, 0.6) is 5.75 Å². The number of nitrogen functional groups attached to an aromatic ring is 1. The summed E-state index contributed by atoms with van der Waals surface area (Å²) in [5.74, 6) is 5.73. The van der Waals surface area contributed by atoms with Crippen molar-refractivity contribution in [1.29, 1.82) is 0 Å². The van der Waals surface area contributed by atoms with Gasteiger partial charge in [-0.05, 0) is 45.2 Å². The van der Waals surface area contributed by atoms with Crippen molar-refractivity contribution < 1.29 is 9.13 Å². The predicted octanol–water partition coefficient (Wildman–Crippen LogP) is 0.794. The highest BCUT2D eigenvalue weighted by atomic mass is 19.1. The summed E-state index contributed by atoms with van der Waals surface area (Å²) in [6, 6.07) is 1.44. The molecule has 4 rings (SSSR count). The Kier molecular flexibility index (Phi) is 4.57. The molecule has 2 aliphatic rings. The smallest absolute Gasteiger partial charge is 0.350 e. The van der Waals surface area contributed by atoms with Crippen LogP contribution in [0.2, 0.25) is 0 Å². The third kappa shape index (κ3) is 2.76. The fraction of sp³-hybridized carbons (Fsp3) is 0.579. The zero-order valence-electron chi connectivity index (χ0n) is 16.4. The third-order valence-electron chi connectivity index (χ3n) is 6.10. The van der Waals surface area contributed by atoms with E-state index in [9.17, 15) is 9.59 Å². The van der Waals surface area contributed by atoms with Gasteiger partial charge in [-0.25, -0.2) is 9.18 Å². The van der Waals surface area contributed by atoms with E-state index in [-0.39, 0.29) is 17.2 Å². The molecule has 9 heteroatoms. The number of anilines is 1. The lowest BCUT2D eigenvalue weighted by Gasteiger charge is -2.25. The maximum Gasteiger partial charge on any atom is 0.350 e. The van der Waals surface area contributed by atoms with E-state index in [0.29, 0.717) is 40.9 Å². The van der Waals surface area contributed by atoms with Gasteiger partial charge in [0.15, 0.2) is 11.6 Å². The number of nitrogens with two attached hydrogens (primary N) is 1. The molecule has 0 radical (unpaired) electrons. The van der Waals surface area contributed by atoms with Crippen molar-refractivity contribution in [2.24, 2.45) is 5.92 Å². The standard InChI is InChI=1S/C19H26FN5O3/c1-10(22-2)11-6-7-23(9-11)16-14(20)8-13-15(17(16)28-3)24(12-4-5-12)19(27)25(21)18(13)26/h8,10-12,22H,4-7,9,21H2,1-3H3/t10-,11+/m1/s1. The molecule has 0 unspecified atom stereocenters. The quantitative estimate of drug-likeness (QED) is 0.732. The SMILES string of the molecule is CN[C@H](C)[C@H]1CCN(c2c(F)cc3c(=O)n(N)c(=O)n(C4CC4)c3c2OC)C1. The van der Waals surface area contributed by atoms with Crippen molar-refractivity contribution in [2.75, 3.05) is 38.0 Å². The van der Waals surface area contributed by atoms with Gasteiger partial charge in [0, 0.05) is 25.2 Å². The molecule has 0 amide bonds. The number of methoxy groups -OCH3 is 1. The molecule has 1 aliphatic carbocycles. The van der Waals surface area contributed by atoms with Crippen LogP contribution in [0.1, 0.15) is 32.2 Å². The van der Waals surface area contributed by atoms with Crippen LogP contribution in [0.25, 0.3) is 10.9 Å². The Bertz CT molecular complexity index is 1040. The number of ether oxygens (including phenoxy) is 1. The summed E-state index contributed by atoms with van der Waals surface area (Å²) in [5, 5.41) is 3.31. The average molecular weight is 391 g/mol. The highest BCUT2D eigenvalue weighted by Gasteiger charge is 2.34. The predicted molar refractivity (Wildman–Crippen MR) is 106 cm³/mol. The molecular formula is C19H26FN5O3. The zero-order valence-corrected chi connectivity index (χ0v) is 16.4. The van der Waals surface area contributed by atoms with Crippen LogP contribution in [0.3, 0.4) is 0 Å². The fourth-order valence-corrected chi connectivity index (χ4v) is 4.23. The molecule has 1 aliphatic heterocycles. The fourth-order valence-electron chi connectivity index (χ4n) is 4.23. The Morgan fingerprint density at radius 3 is 2.64 bits per heavy atom. The van der Waals surface area contributed by atoms with Gasteiger partial charge in [0.2, 0.25) is 0 Å².